The first-order chi connectivity index (χ1) is 9.65. The summed E-state index contributed by atoms with van der Waals surface area (Å²) < 4.78 is 11.0. The van der Waals surface area contributed by atoms with Crippen LogP contribution in [0.3, 0.4) is 0 Å². The topological polar surface area (TPSA) is 71.3 Å². The number of carbonyl (C=O) groups is 1. The summed E-state index contributed by atoms with van der Waals surface area (Å²) in [4.78, 5) is 12.1. The minimum atomic E-state index is -0.242. The molecule has 0 spiro atoms. The Balaban J connectivity index is 2.41. The van der Waals surface area contributed by atoms with E-state index >= 15 is 0 Å². The van der Waals surface area contributed by atoms with Gasteiger partial charge in [0.2, 0.25) is 0 Å². The summed E-state index contributed by atoms with van der Waals surface area (Å²) >= 11 is 6.12. The van der Waals surface area contributed by atoms with Crippen molar-refractivity contribution in [1.82, 2.24) is 5.32 Å². The molecular formula is C13H10N2O3S2. The van der Waals surface area contributed by atoms with Gasteiger partial charge in [0.1, 0.15) is 10.4 Å². The van der Waals surface area contributed by atoms with Crippen LogP contribution in [0.5, 0.6) is 11.5 Å². The summed E-state index contributed by atoms with van der Waals surface area (Å²) in [5.41, 5.74) is 0.655. The van der Waals surface area contributed by atoms with Gasteiger partial charge < -0.3 is 14.8 Å². The average Bonchev–Trinajstić information content (AvgIpc) is 2.75. The number of nitrogens with zero attached hydrogens (tertiary/aromatic N) is 1. The van der Waals surface area contributed by atoms with Crippen LogP contribution in [-0.4, -0.2) is 23.9 Å². The molecule has 0 radical (unpaired) electrons. The van der Waals surface area contributed by atoms with Crippen molar-refractivity contribution in [2.45, 2.75) is 0 Å². The van der Waals surface area contributed by atoms with Gasteiger partial charge in [-0.2, -0.15) is 5.26 Å². The van der Waals surface area contributed by atoms with E-state index < -0.39 is 0 Å². The largest absolute Gasteiger partial charge is 0.493 e. The van der Waals surface area contributed by atoms with Gasteiger partial charge in [0.15, 0.2) is 18.1 Å². The molecule has 1 saturated heterocycles. The third kappa shape index (κ3) is 3.10. The molecule has 0 bridgehead atoms. The number of hydrogen-bond acceptors (Lipinski definition) is 6. The number of amides is 1. The first kappa shape index (κ1) is 14.4. The van der Waals surface area contributed by atoms with Gasteiger partial charge in [-0.3, -0.25) is 4.79 Å². The fourth-order valence-electron chi connectivity index (χ4n) is 1.63. The van der Waals surface area contributed by atoms with Crippen LogP contribution in [0.25, 0.3) is 6.08 Å². The van der Waals surface area contributed by atoms with Crippen molar-refractivity contribution in [3.63, 3.8) is 0 Å². The zero-order valence-electron chi connectivity index (χ0n) is 10.5. The highest BCUT2D eigenvalue weighted by atomic mass is 32.2. The zero-order valence-corrected chi connectivity index (χ0v) is 12.1. The number of ether oxygens (including phenoxy) is 2. The number of para-hydroxylation sites is 1. The predicted molar refractivity (Wildman–Crippen MR) is 80.4 cm³/mol. The highest BCUT2D eigenvalue weighted by Gasteiger charge is 2.23. The quantitative estimate of drug-likeness (QED) is 0.678. The maximum absolute atomic E-state index is 11.7. The third-order valence-electron chi connectivity index (χ3n) is 2.44. The van der Waals surface area contributed by atoms with Gasteiger partial charge >= 0.3 is 0 Å². The Morgan fingerprint density at radius 2 is 2.35 bits per heavy atom. The second kappa shape index (κ2) is 6.41. The molecular weight excluding hydrogens is 296 g/mol. The first-order valence-electron chi connectivity index (χ1n) is 5.57. The Morgan fingerprint density at radius 1 is 1.55 bits per heavy atom. The maximum Gasteiger partial charge on any atom is 0.263 e. The summed E-state index contributed by atoms with van der Waals surface area (Å²) in [7, 11) is 1.51. The van der Waals surface area contributed by atoms with E-state index in [0.717, 1.165) is 0 Å². The molecule has 0 saturated carbocycles. The molecule has 0 atom stereocenters. The monoisotopic (exact) mass is 306 g/mol. The fourth-order valence-corrected chi connectivity index (χ4v) is 2.66. The lowest BCUT2D eigenvalue weighted by Gasteiger charge is -2.11. The lowest BCUT2D eigenvalue weighted by molar-refractivity contribution is -0.115. The van der Waals surface area contributed by atoms with Gasteiger partial charge in [0.05, 0.1) is 12.0 Å². The second-order valence-electron chi connectivity index (χ2n) is 3.68. The molecule has 20 heavy (non-hydrogen) atoms. The lowest BCUT2D eigenvalue weighted by atomic mass is 10.1. The Bertz CT molecular complexity index is 635. The lowest BCUT2D eigenvalue weighted by Crippen LogP contribution is -2.17. The summed E-state index contributed by atoms with van der Waals surface area (Å²) in [6.45, 7) is -0.103. The Labute approximate surface area is 125 Å². The van der Waals surface area contributed by atoms with E-state index in [1.54, 1.807) is 24.3 Å². The number of benzene rings is 1. The van der Waals surface area contributed by atoms with Gasteiger partial charge in [-0.25, -0.2) is 0 Å². The van der Waals surface area contributed by atoms with Crippen molar-refractivity contribution in [1.29, 1.82) is 5.26 Å². The number of thiocarbonyl (C=S) groups is 1. The van der Waals surface area contributed by atoms with E-state index in [4.69, 9.17) is 27.0 Å². The van der Waals surface area contributed by atoms with Crippen molar-refractivity contribution in [2.75, 3.05) is 13.7 Å². The standard InChI is InChI=1S/C13H10N2O3S2/c1-17-9-4-2-3-8(11(9)18-6-5-14)7-10-12(16)15-13(19)20-10/h2-4,7H,6H2,1H3,(H,15,16,19)/b10-7-. The number of rotatable bonds is 4. The van der Waals surface area contributed by atoms with Crippen LogP contribution in [0.1, 0.15) is 5.56 Å². The van der Waals surface area contributed by atoms with Crippen LogP contribution >= 0.6 is 24.0 Å². The van der Waals surface area contributed by atoms with Crippen LogP contribution in [0.4, 0.5) is 0 Å². The third-order valence-corrected chi connectivity index (χ3v) is 3.60. The summed E-state index contributed by atoms with van der Waals surface area (Å²) in [5, 5.41) is 11.2. The predicted octanol–water partition coefficient (Wildman–Crippen LogP) is 2.09. The van der Waals surface area contributed by atoms with Gasteiger partial charge in [-0.05, 0) is 12.1 Å². The number of hydrogen-bond donors (Lipinski definition) is 1. The van der Waals surface area contributed by atoms with E-state index in [2.05, 4.69) is 5.32 Å². The van der Waals surface area contributed by atoms with Crippen LogP contribution in [0, 0.1) is 11.3 Å². The molecule has 1 aromatic rings. The van der Waals surface area contributed by atoms with Gasteiger partial charge in [0, 0.05) is 5.56 Å². The molecule has 2 rings (SSSR count). The molecule has 7 heteroatoms. The minimum Gasteiger partial charge on any atom is -0.493 e. The number of nitrogens with one attached hydrogen (secondary N) is 1. The Hall–Kier alpha value is -2.04. The highest BCUT2D eigenvalue weighted by Crippen LogP contribution is 2.35. The van der Waals surface area contributed by atoms with Crippen LogP contribution in [0.15, 0.2) is 23.1 Å². The second-order valence-corrected chi connectivity index (χ2v) is 5.40. The van der Waals surface area contributed by atoms with Gasteiger partial charge in [-0.1, -0.05) is 36.1 Å². The van der Waals surface area contributed by atoms with Crippen molar-refractivity contribution >= 4 is 40.3 Å². The molecule has 1 aromatic carbocycles. The summed E-state index contributed by atoms with van der Waals surface area (Å²) in [6.07, 6.45) is 1.66. The van der Waals surface area contributed by atoms with Crippen molar-refractivity contribution in [3.8, 4) is 17.6 Å². The summed E-state index contributed by atoms with van der Waals surface area (Å²) in [5.74, 6) is 0.685. The molecule has 1 aliphatic heterocycles. The minimum absolute atomic E-state index is 0.103. The molecule has 1 amide bonds. The molecule has 102 valence electrons. The normalized spacial score (nSPS) is 15.9. The number of thioether (sulfide) groups is 1. The maximum atomic E-state index is 11.7. The molecule has 1 N–H and O–H groups in total. The highest BCUT2D eigenvalue weighted by molar-refractivity contribution is 8.26. The van der Waals surface area contributed by atoms with Crippen LogP contribution in [-0.2, 0) is 4.79 Å². The van der Waals surface area contributed by atoms with Gasteiger partial charge in [-0.15, -0.1) is 0 Å². The molecule has 0 aliphatic carbocycles. The van der Waals surface area contributed by atoms with Crippen molar-refractivity contribution in [2.24, 2.45) is 0 Å². The van der Waals surface area contributed by atoms with E-state index in [9.17, 15) is 4.79 Å². The van der Waals surface area contributed by atoms with Crippen molar-refractivity contribution < 1.29 is 14.3 Å². The summed E-state index contributed by atoms with van der Waals surface area (Å²) in [6, 6.07) is 7.18. The molecule has 0 unspecified atom stereocenters. The number of methoxy groups -OCH3 is 1. The smallest absolute Gasteiger partial charge is 0.263 e. The van der Waals surface area contributed by atoms with Crippen LogP contribution in [0.2, 0.25) is 0 Å². The fraction of sp³-hybridized carbons (Fsp3) is 0.154. The molecule has 5 nitrogen and oxygen atoms in total. The first-order valence-corrected chi connectivity index (χ1v) is 6.79. The molecule has 0 aromatic heterocycles. The van der Waals surface area contributed by atoms with E-state index in [1.807, 2.05) is 6.07 Å². The van der Waals surface area contributed by atoms with Gasteiger partial charge in [0.25, 0.3) is 5.91 Å². The Morgan fingerprint density at radius 3 is 2.95 bits per heavy atom. The molecule has 1 aliphatic rings. The molecule has 1 fully saturated rings. The average molecular weight is 306 g/mol. The zero-order chi connectivity index (χ0) is 14.5. The van der Waals surface area contributed by atoms with E-state index in [0.29, 0.717) is 26.3 Å². The number of carbonyl (C=O) groups excluding carboxylic acids is 1. The number of nitriles is 1. The van der Waals surface area contributed by atoms with E-state index in [1.165, 1.54) is 18.9 Å². The van der Waals surface area contributed by atoms with Crippen LogP contribution < -0.4 is 14.8 Å². The van der Waals surface area contributed by atoms with Crippen molar-refractivity contribution in [3.05, 3.63) is 28.7 Å². The van der Waals surface area contributed by atoms with E-state index in [-0.39, 0.29) is 12.5 Å². The Kier molecular flexibility index (Phi) is 4.61. The molecule has 1 heterocycles. The SMILES string of the molecule is COc1cccc(/C=C2\SC(=S)NC2=O)c1OCC#N.